The normalized spacial score (nSPS) is 20.4. The second kappa shape index (κ2) is 35.2. The Labute approximate surface area is 414 Å². The second-order valence-corrected chi connectivity index (χ2v) is 28.5. The Balaban J connectivity index is 3.19. The molecule has 0 saturated carbocycles. The molecule has 0 aromatic carbocycles. The molecule has 1 aliphatic rings. The molecule has 8 nitrogen and oxygen atoms in total. The molecular weight excluding hydrogens is 881 g/mol. The Morgan fingerprint density at radius 1 is 0.328 bits per heavy atom. The summed E-state index contributed by atoms with van der Waals surface area (Å²) in [7, 11) is 0. The van der Waals surface area contributed by atoms with Crippen molar-refractivity contribution in [2.24, 2.45) is 27.1 Å². The molecule has 0 spiro atoms. The van der Waals surface area contributed by atoms with Gasteiger partial charge in [0, 0.05) is 33.0 Å². The van der Waals surface area contributed by atoms with Gasteiger partial charge in [-0.15, -0.1) is 0 Å². The maximum atomic E-state index is 6.95. The molecule has 0 aromatic rings. The van der Waals surface area contributed by atoms with E-state index in [2.05, 4.69) is 104 Å². The molecule has 0 bridgehead atoms. The van der Waals surface area contributed by atoms with Crippen molar-refractivity contribution < 1.29 is 37.9 Å². The molecule has 1 heterocycles. The van der Waals surface area contributed by atoms with E-state index >= 15 is 0 Å². The molecule has 0 amide bonds. The Bertz CT molecular complexity index is 1080. The molecule has 5 atom stereocenters. The van der Waals surface area contributed by atoms with Crippen molar-refractivity contribution in [1.29, 1.82) is 0 Å². The number of thioether (sulfide) groups is 4. The zero-order valence-electron chi connectivity index (χ0n) is 44.4. The lowest BCUT2D eigenvalue weighted by atomic mass is 9.93. The lowest BCUT2D eigenvalue weighted by Crippen LogP contribution is -2.62. The summed E-state index contributed by atoms with van der Waals surface area (Å²) in [6.45, 7) is 40.1. The Kier molecular flexibility index (Phi) is 34.7. The molecule has 1 aliphatic heterocycles. The third kappa shape index (κ3) is 38.9. The van der Waals surface area contributed by atoms with Gasteiger partial charge in [0.25, 0.3) is 0 Å². The first kappa shape index (κ1) is 63.1. The summed E-state index contributed by atoms with van der Waals surface area (Å²) in [5.41, 5.74) is 1.66. The van der Waals surface area contributed by atoms with E-state index in [4.69, 9.17) is 37.9 Å². The van der Waals surface area contributed by atoms with Gasteiger partial charge in [0.05, 0.1) is 33.0 Å². The summed E-state index contributed by atoms with van der Waals surface area (Å²) < 4.78 is 52.4. The third-order valence-electron chi connectivity index (χ3n) is 10.5. The van der Waals surface area contributed by atoms with Crippen LogP contribution in [0, 0.1) is 27.1 Å². The standard InChI is InChI=1S/C52H104O8S4/c1-48(2,3)20-29-53-30-31-54-32-33-59-47-46(58-28-19-37-64-41-24-52(13,14)15)45(57-27-18-36-63-40-23-51(10,11)12)44(56-26-17-35-62-39-22-50(7,8)9)43(60-47)42-55-25-16-34-61-38-21-49(4,5)6/h43-47H,16-42H2,1-15H3/t43?,44-,45+,46?,47-/m1/s1. The van der Waals surface area contributed by atoms with Gasteiger partial charge >= 0.3 is 0 Å². The van der Waals surface area contributed by atoms with Crippen molar-refractivity contribution in [3.63, 3.8) is 0 Å². The SMILES string of the molecule is CC(C)(C)CCOCCOCCO[C@@H]1OC(COCCCSCCC(C)(C)C)[C@@H](OCCCSCCC(C)(C)C)[C@H](OCCCSCCC(C)(C)C)C1OCCCSCCC(C)(C)C. The molecule has 1 rings (SSSR count). The number of hydrogen-bond acceptors (Lipinski definition) is 12. The lowest BCUT2D eigenvalue weighted by Gasteiger charge is -2.46. The highest BCUT2D eigenvalue weighted by Crippen LogP contribution is 2.31. The predicted octanol–water partition coefficient (Wildman–Crippen LogP) is 13.6. The fourth-order valence-electron chi connectivity index (χ4n) is 6.16. The van der Waals surface area contributed by atoms with E-state index in [1.165, 1.54) is 31.4 Å². The van der Waals surface area contributed by atoms with E-state index in [0.29, 0.717) is 81.1 Å². The van der Waals surface area contributed by atoms with E-state index in [9.17, 15) is 0 Å². The van der Waals surface area contributed by atoms with Gasteiger partial charge in [0.1, 0.15) is 24.4 Å². The molecule has 0 N–H and O–H groups in total. The van der Waals surface area contributed by atoms with Crippen LogP contribution in [0.1, 0.15) is 162 Å². The van der Waals surface area contributed by atoms with Crippen molar-refractivity contribution in [1.82, 2.24) is 0 Å². The predicted molar refractivity (Wildman–Crippen MR) is 284 cm³/mol. The fourth-order valence-corrected chi connectivity index (χ4v) is 11.3. The first-order chi connectivity index (χ1) is 30.0. The van der Waals surface area contributed by atoms with E-state index in [-0.39, 0.29) is 23.7 Å². The van der Waals surface area contributed by atoms with Gasteiger partial charge in [-0.05, 0) is 131 Å². The third-order valence-corrected chi connectivity index (χ3v) is 14.8. The largest absolute Gasteiger partial charge is 0.379 e. The smallest absolute Gasteiger partial charge is 0.187 e. The Morgan fingerprint density at radius 3 is 1.11 bits per heavy atom. The molecule has 384 valence electrons. The van der Waals surface area contributed by atoms with Crippen LogP contribution in [0.3, 0.4) is 0 Å². The van der Waals surface area contributed by atoms with Gasteiger partial charge in [-0.1, -0.05) is 104 Å². The van der Waals surface area contributed by atoms with Crippen LogP contribution in [-0.2, 0) is 37.9 Å². The summed E-state index contributed by atoms with van der Waals surface area (Å²) in [5, 5.41) is 0. The van der Waals surface area contributed by atoms with Gasteiger partial charge in [-0.2, -0.15) is 47.0 Å². The van der Waals surface area contributed by atoms with Crippen molar-refractivity contribution in [3.05, 3.63) is 0 Å². The zero-order chi connectivity index (χ0) is 48.0. The molecule has 64 heavy (non-hydrogen) atoms. The van der Waals surface area contributed by atoms with Gasteiger partial charge in [-0.25, -0.2) is 0 Å². The summed E-state index contributed by atoms with van der Waals surface area (Å²) in [4.78, 5) is 0. The molecule has 0 aliphatic carbocycles. The monoisotopic (exact) mass is 985 g/mol. The molecule has 1 saturated heterocycles. The van der Waals surface area contributed by atoms with E-state index < -0.39 is 12.4 Å². The fraction of sp³-hybridized carbons (Fsp3) is 1.00. The van der Waals surface area contributed by atoms with E-state index in [1.807, 2.05) is 47.0 Å². The average molecular weight is 986 g/mol. The number of ether oxygens (including phenoxy) is 8. The quantitative estimate of drug-likeness (QED) is 0.0553. The highest BCUT2D eigenvalue weighted by atomic mass is 32.2. The summed E-state index contributed by atoms with van der Waals surface area (Å²) in [5.74, 6) is 8.93. The minimum absolute atomic E-state index is 0.258. The Hall–Kier alpha value is 1.08. The van der Waals surface area contributed by atoms with Crippen LogP contribution in [0.2, 0.25) is 0 Å². The van der Waals surface area contributed by atoms with Crippen LogP contribution < -0.4 is 0 Å². The van der Waals surface area contributed by atoms with Crippen LogP contribution in [0.25, 0.3) is 0 Å². The second-order valence-electron chi connectivity index (χ2n) is 23.6. The van der Waals surface area contributed by atoms with Crippen molar-refractivity contribution in [3.8, 4) is 0 Å². The molecule has 12 heteroatoms. The minimum atomic E-state index is -0.638. The summed E-state index contributed by atoms with van der Waals surface area (Å²) in [6, 6.07) is 0. The van der Waals surface area contributed by atoms with Crippen LogP contribution in [0.15, 0.2) is 0 Å². The minimum Gasteiger partial charge on any atom is -0.379 e. The maximum absolute atomic E-state index is 6.95. The summed E-state index contributed by atoms with van der Waals surface area (Å²) in [6.07, 6.45) is 7.59. The van der Waals surface area contributed by atoms with Crippen LogP contribution in [-0.4, -0.2) is 143 Å². The molecular formula is C52H104O8S4. The lowest BCUT2D eigenvalue weighted by molar-refractivity contribution is -0.324. The van der Waals surface area contributed by atoms with Gasteiger partial charge in [-0.3, -0.25) is 0 Å². The van der Waals surface area contributed by atoms with Crippen molar-refractivity contribution >= 4 is 47.0 Å². The molecule has 0 aromatic heterocycles. The van der Waals surface area contributed by atoms with Crippen LogP contribution in [0.4, 0.5) is 0 Å². The Morgan fingerprint density at radius 2 is 0.688 bits per heavy atom. The van der Waals surface area contributed by atoms with Gasteiger partial charge < -0.3 is 37.9 Å². The van der Waals surface area contributed by atoms with Crippen LogP contribution >= 0.6 is 47.0 Å². The van der Waals surface area contributed by atoms with Crippen LogP contribution in [0.5, 0.6) is 0 Å². The number of hydrogen-bond donors (Lipinski definition) is 0. The topological polar surface area (TPSA) is 73.8 Å². The van der Waals surface area contributed by atoms with Crippen molar-refractivity contribution in [2.75, 3.05) is 112 Å². The molecule has 2 unspecified atom stereocenters. The maximum Gasteiger partial charge on any atom is 0.187 e. The van der Waals surface area contributed by atoms with Gasteiger partial charge in [0.2, 0.25) is 0 Å². The van der Waals surface area contributed by atoms with Gasteiger partial charge in [0.15, 0.2) is 6.29 Å². The zero-order valence-corrected chi connectivity index (χ0v) is 47.6. The summed E-state index contributed by atoms with van der Waals surface area (Å²) >= 11 is 8.08. The highest BCUT2D eigenvalue weighted by Gasteiger charge is 2.49. The number of rotatable bonds is 38. The molecule has 0 radical (unpaired) electrons. The van der Waals surface area contributed by atoms with E-state index in [1.54, 1.807) is 0 Å². The molecule has 1 fully saturated rings. The first-order valence-electron chi connectivity index (χ1n) is 25.1. The first-order valence-corrected chi connectivity index (χ1v) is 29.7. The highest BCUT2D eigenvalue weighted by molar-refractivity contribution is 7.99. The van der Waals surface area contributed by atoms with Crippen molar-refractivity contribution in [2.45, 2.75) is 192 Å². The van der Waals surface area contributed by atoms with E-state index in [0.717, 1.165) is 79.0 Å². The average Bonchev–Trinajstić information content (AvgIpc) is 3.16.